The number of hydrogen-bond acceptors (Lipinski definition) is 4. The molecule has 1 heterocycles. The van der Waals surface area contributed by atoms with E-state index in [2.05, 4.69) is 10.2 Å². The van der Waals surface area contributed by atoms with Crippen molar-refractivity contribution in [1.82, 2.24) is 10.2 Å². The summed E-state index contributed by atoms with van der Waals surface area (Å²) in [4.78, 5) is 0. The van der Waals surface area contributed by atoms with Crippen molar-refractivity contribution in [2.24, 2.45) is 0 Å². The number of halogens is 1. The molecule has 2 rings (SSSR count). The average molecular weight is 211 g/mol. The second-order valence-electron chi connectivity index (χ2n) is 2.79. The van der Waals surface area contributed by atoms with E-state index < -0.39 is 0 Å². The fourth-order valence-corrected chi connectivity index (χ4v) is 1.28. The summed E-state index contributed by atoms with van der Waals surface area (Å²) < 4.78 is 5.19. The molecular formula is C9H7ClN2O2. The lowest BCUT2D eigenvalue weighted by atomic mass is 10.2. The zero-order valence-corrected chi connectivity index (χ0v) is 8.12. The summed E-state index contributed by atoms with van der Waals surface area (Å²) in [6.45, 7) is 1.69. The van der Waals surface area contributed by atoms with Crippen LogP contribution in [0.4, 0.5) is 0 Å². The Labute approximate surface area is 85.2 Å². The van der Waals surface area contributed by atoms with Crippen LogP contribution in [0.5, 0.6) is 5.75 Å². The van der Waals surface area contributed by atoms with Gasteiger partial charge in [0.2, 0.25) is 11.8 Å². The number of aryl methyl sites for hydroxylation is 1. The highest BCUT2D eigenvalue weighted by Gasteiger charge is 2.10. The molecule has 1 aromatic carbocycles. The van der Waals surface area contributed by atoms with E-state index in [4.69, 9.17) is 16.0 Å². The predicted octanol–water partition coefficient (Wildman–Crippen LogP) is 2.40. The zero-order valence-electron chi connectivity index (χ0n) is 7.36. The molecule has 1 N–H and O–H groups in total. The Morgan fingerprint density at radius 2 is 2.14 bits per heavy atom. The number of phenolic OH excluding ortho intramolecular Hbond substituents is 1. The van der Waals surface area contributed by atoms with Gasteiger partial charge in [-0.3, -0.25) is 0 Å². The maximum Gasteiger partial charge on any atom is 0.249 e. The first-order valence-corrected chi connectivity index (χ1v) is 4.33. The monoisotopic (exact) mass is 210 g/mol. The van der Waals surface area contributed by atoms with Gasteiger partial charge < -0.3 is 9.52 Å². The molecule has 0 saturated heterocycles. The maximum absolute atomic E-state index is 9.26. The van der Waals surface area contributed by atoms with Gasteiger partial charge in [-0.05, 0) is 18.2 Å². The maximum atomic E-state index is 9.26. The van der Waals surface area contributed by atoms with Crippen LogP contribution in [-0.2, 0) is 0 Å². The van der Waals surface area contributed by atoms with Crippen molar-refractivity contribution >= 4 is 11.6 Å². The Kier molecular flexibility index (Phi) is 2.13. The smallest absolute Gasteiger partial charge is 0.249 e. The fraction of sp³-hybridized carbons (Fsp3) is 0.111. The van der Waals surface area contributed by atoms with Gasteiger partial charge in [0.25, 0.3) is 0 Å². The Morgan fingerprint density at radius 1 is 1.36 bits per heavy atom. The molecule has 14 heavy (non-hydrogen) atoms. The Morgan fingerprint density at radius 3 is 2.79 bits per heavy atom. The average Bonchev–Trinajstić information content (AvgIpc) is 2.56. The molecule has 5 heteroatoms. The minimum Gasteiger partial charge on any atom is -0.508 e. The summed E-state index contributed by atoms with van der Waals surface area (Å²) in [7, 11) is 0. The molecular weight excluding hydrogens is 204 g/mol. The van der Waals surface area contributed by atoms with Gasteiger partial charge in [-0.2, -0.15) is 0 Å². The van der Waals surface area contributed by atoms with Gasteiger partial charge in [0, 0.05) is 6.92 Å². The van der Waals surface area contributed by atoms with E-state index in [9.17, 15) is 5.11 Å². The summed E-state index contributed by atoms with van der Waals surface area (Å²) in [5, 5.41) is 17.2. The summed E-state index contributed by atoms with van der Waals surface area (Å²) >= 11 is 5.90. The third kappa shape index (κ3) is 1.56. The predicted molar refractivity (Wildman–Crippen MR) is 51.1 cm³/mol. The van der Waals surface area contributed by atoms with Crippen molar-refractivity contribution < 1.29 is 9.52 Å². The van der Waals surface area contributed by atoms with Crippen molar-refractivity contribution in [2.75, 3.05) is 0 Å². The van der Waals surface area contributed by atoms with Crippen LogP contribution in [0, 0.1) is 6.92 Å². The van der Waals surface area contributed by atoms with Crippen LogP contribution >= 0.6 is 11.6 Å². The molecule has 0 aliphatic carbocycles. The summed E-state index contributed by atoms with van der Waals surface area (Å²) in [5.74, 6) is 0.878. The van der Waals surface area contributed by atoms with Gasteiger partial charge in [0.1, 0.15) is 5.75 Å². The van der Waals surface area contributed by atoms with E-state index in [1.54, 1.807) is 13.0 Å². The molecule has 1 aromatic heterocycles. The normalized spacial score (nSPS) is 10.4. The van der Waals surface area contributed by atoms with Crippen LogP contribution in [-0.4, -0.2) is 15.3 Å². The number of nitrogens with zero attached hydrogens (tertiary/aromatic N) is 2. The molecule has 0 unspecified atom stereocenters. The van der Waals surface area contributed by atoms with Gasteiger partial charge in [-0.25, -0.2) is 0 Å². The largest absolute Gasteiger partial charge is 0.508 e. The molecule has 0 radical (unpaired) electrons. The van der Waals surface area contributed by atoms with Crippen molar-refractivity contribution in [3.63, 3.8) is 0 Å². The summed E-state index contributed by atoms with van der Waals surface area (Å²) in [5.41, 5.74) is 0.535. The molecule has 2 aromatic rings. The van der Waals surface area contributed by atoms with Gasteiger partial charge in [-0.1, -0.05) is 11.6 Å². The van der Waals surface area contributed by atoms with Crippen LogP contribution in [0.1, 0.15) is 5.89 Å². The van der Waals surface area contributed by atoms with Gasteiger partial charge in [0.05, 0.1) is 10.6 Å². The van der Waals surface area contributed by atoms with Crippen LogP contribution < -0.4 is 0 Å². The zero-order chi connectivity index (χ0) is 10.1. The van der Waals surface area contributed by atoms with E-state index in [1.165, 1.54) is 12.1 Å². The van der Waals surface area contributed by atoms with Crippen molar-refractivity contribution in [1.29, 1.82) is 0 Å². The second-order valence-corrected chi connectivity index (χ2v) is 3.20. The highest BCUT2D eigenvalue weighted by molar-refractivity contribution is 6.33. The van der Waals surface area contributed by atoms with Crippen molar-refractivity contribution in [2.45, 2.75) is 6.92 Å². The molecule has 0 spiro atoms. The molecule has 72 valence electrons. The van der Waals surface area contributed by atoms with Gasteiger partial charge in [0.15, 0.2) is 0 Å². The SMILES string of the molecule is Cc1nnc(-c2cc(O)ccc2Cl)o1. The lowest BCUT2D eigenvalue weighted by Gasteiger charge is -1.98. The third-order valence-electron chi connectivity index (χ3n) is 1.71. The first-order valence-electron chi connectivity index (χ1n) is 3.96. The Balaban J connectivity index is 2.55. The Hall–Kier alpha value is -1.55. The van der Waals surface area contributed by atoms with Crippen molar-refractivity contribution in [3.8, 4) is 17.2 Å². The van der Waals surface area contributed by atoms with Crippen LogP contribution in [0.15, 0.2) is 22.6 Å². The molecule has 0 atom stereocenters. The number of benzene rings is 1. The lowest BCUT2D eigenvalue weighted by Crippen LogP contribution is -1.79. The van der Waals surface area contributed by atoms with Crippen LogP contribution in [0.25, 0.3) is 11.5 Å². The molecule has 0 fully saturated rings. The first kappa shape index (κ1) is 9.02. The summed E-state index contributed by atoms with van der Waals surface area (Å²) in [6, 6.07) is 4.55. The minimum absolute atomic E-state index is 0.111. The van der Waals surface area contributed by atoms with E-state index >= 15 is 0 Å². The lowest BCUT2D eigenvalue weighted by molar-refractivity contribution is 0.474. The van der Waals surface area contributed by atoms with E-state index in [1.807, 2.05) is 0 Å². The van der Waals surface area contributed by atoms with Gasteiger partial charge in [-0.15, -0.1) is 10.2 Å². The molecule has 0 aliphatic heterocycles. The van der Waals surface area contributed by atoms with Crippen LogP contribution in [0.2, 0.25) is 5.02 Å². The van der Waals surface area contributed by atoms with Gasteiger partial charge >= 0.3 is 0 Å². The number of hydrogen-bond donors (Lipinski definition) is 1. The number of phenols is 1. The molecule has 0 bridgehead atoms. The third-order valence-corrected chi connectivity index (χ3v) is 2.04. The fourth-order valence-electron chi connectivity index (χ4n) is 1.08. The molecule has 0 amide bonds. The van der Waals surface area contributed by atoms with E-state index in [-0.39, 0.29) is 5.75 Å². The Bertz CT molecular complexity index is 468. The quantitative estimate of drug-likeness (QED) is 0.785. The first-order chi connectivity index (χ1) is 6.66. The standard InChI is InChI=1S/C9H7ClN2O2/c1-5-11-12-9(14-5)7-4-6(13)2-3-8(7)10/h2-4,13H,1H3. The highest BCUT2D eigenvalue weighted by atomic mass is 35.5. The highest BCUT2D eigenvalue weighted by Crippen LogP contribution is 2.29. The topological polar surface area (TPSA) is 59.2 Å². The molecule has 4 nitrogen and oxygen atoms in total. The summed E-state index contributed by atoms with van der Waals surface area (Å²) in [6.07, 6.45) is 0. The number of aromatic hydroxyl groups is 1. The van der Waals surface area contributed by atoms with Crippen molar-refractivity contribution in [3.05, 3.63) is 29.1 Å². The van der Waals surface area contributed by atoms with E-state index in [0.717, 1.165) is 0 Å². The van der Waals surface area contributed by atoms with E-state index in [0.29, 0.717) is 22.4 Å². The van der Waals surface area contributed by atoms with Crippen LogP contribution in [0.3, 0.4) is 0 Å². The molecule has 0 saturated carbocycles. The number of aromatic nitrogens is 2. The second kappa shape index (κ2) is 3.31. The minimum atomic E-state index is 0.111. The molecule has 0 aliphatic rings. The number of rotatable bonds is 1.